The van der Waals surface area contributed by atoms with Gasteiger partial charge in [0, 0.05) is 0 Å². The van der Waals surface area contributed by atoms with Gasteiger partial charge in [0.05, 0.1) is 0 Å². The summed E-state index contributed by atoms with van der Waals surface area (Å²) in [6, 6.07) is 7.70. The molecular formula is C10H12N2O3. The molecule has 1 rings (SSSR count). The third-order valence-corrected chi connectivity index (χ3v) is 1.87. The Morgan fingerprint density at radius 2 is 1.93 bits per heavy atom. The summed E-state index contributed by atoms with van der Waals surface area (Å²) >= 11 is 0. The Morgan fingerprint density at radius 1 is 1.33 bits per heavy atom. The van der Waals surface area contributed by atoms with Crippen LogP contribution in [0.15, 0.2) is 30.3 Å². The predicted octanol–water partition coefficient (Wildman–Crippen LogP) is -0.678. The van der Waals surface area contributed by atoms with Crippen molar-refractivity contribution >= 4 is 11.8 Å². The zero-order chi connectivity index (χ0) is 11.3. The van der Waals surface area contributed by atoms with Crippen molar-refractivity contribution in [3.63, 3.8) is 0 Å². The summed E-state index contributed by atoms with van der Waals surface area (Å²) in [6.45, 7) is -0.670. The molecule has 15 heavy (non-hydrogen) atoms. The standard InChI is InChI=1S/C10H12N2O3/c11-10(15)9(12-8(14)6-13)7-4-2-1-3-5-7/h1-5,9,13H,6H2,(H2,11,15)(H,12,14)/t9-/m1/s1. The fourth-order valence-electron chi connectivity index (χ4n) is 1.17. The van der Waals surface area contributed by atoms with Crippen LogP contribution in [0.2, 0.25) is 0 Å². The van der Waals surface area contributed by atoms with Crippen LogP contribution in [0.4, 0.5) is 0 Å². The van der Waals surface area contributed by atoms with Crippen molar-refractivity contribution in [1.29, 1.82) is 0 Å². The number of hydrogen-bond acceptors (Lipinski definition) is 3. The Labute approximate surface area is 86.9 Å². The summed E-state index contributed by atoms with van der Waals surface area (Å²) in [5.74, 6) is -1.30. The van der Waals surface area contributed by atoms with E-state index in [4.69, 9.17) is 10.8 Å². The van der Waals surface area contributed by atoms with Gasteiger partial charge in [0.1, 0.15) is 12.6 Å². The van der Waals surface area contributed by atoms with Crippen molar-refractivity contribution in [2.24, 2.45) is 5.73 Å². The van der Waals surface area contributed by atoms with Gasteiger partial charge >= 0.3 is 0 Å². The smallest absolute Gasteiger partial charge is 0.246 e. The molecule has 80 valence electrons. The average Bonchev–Trinajstić information content (AvgIpc) is 2.26. The van der Waals surface area contributed by atoms with Gasteiger partial charge in [-0.1, -0.05) is 30.3 Å². The van der Waals surface area contributed by atoms with Gasteiger partial charge in [-0.3, -0.25) is 9.59 Å². The van der Waals surface area contributed by atoms with Gasteiger partial charge in [0.25, 0.3) is 0 Å². The fraction of sp³-hybridized carbons (Fsp3) is 0.200. The number of hydrogen-bond donors (Lipinski definition) is 3. The van der Waals surface area contributed by atoms with Gasteiger partial charge in [-0.05, 0) is 5.56 Å². The van der Waals surface area contributed by atoms with Crippen LogP contribution in [-0.4, -0.2) is 23.5 Å². The first-order valence-corrected chi connectivity index (χ1v) is 4.39. The van der Waals surface area contributed by atoms with Gasteiger partial charge < -0.3 is 16.2 Å². The molecule has 0 radical (unpaired) electrons. The van der Waals surface area contributed by atoms with E-state index in [1.807, 2.05) is 0 Å². The highest BCUT2D eigenvalue weighted by atomic mass is 16.3. The number of nitrogens with two attached hydrogens (primary N) is 1. The van der Waals surface area contributed by atoms with E-state index in [0.717, 1.165) is 0 Å². The van der Waals surface area contributed by atoms with E-state index in [-0.39, 0.29) is 0 Å². The molecule has 0 unspecified atom stereocenters. The van der Waals surface area contributed by atoms with Crippen LogP contribution in [-0.2, 0) is 9.59 Å². The Hall–Kier alpha value is -1.88. The predicted molar refractivity (Wildman–Crippen MR) is 53.6 cm³/mol. The lowest BCUT2D eigenvalue weighted by Gasteiger charge is -2.14. The van der Waals surface area contributed by atoms with Crippen LogP contribution >= 0.6 is 0 Å². The van der Waals surface area contributed by atoms with Crippen molar-refractivity contribution in [1.82, 2.24) is 5.32 Å². The highest BCUT2D eigenvalue weighted by molar-refractivity contribution is 5.87. The average molecular weight is 208 g/mol. The lowest BCUT2D eigenvalue weighted by atomic mass is 10.1. The zero-order valence-corrected chi connectivity index (χ0v) is 8.01. The van der Waals surface area contributed by atoms with E-state index in [2.05, 4.69) is 5.32 Å². The van der Waals surface area contributed by atoms with E-state index < -0.39 is 24.5 Å². The highest BCUT2D eigenvalue weighted by Crippen LogP contribution is 2.11. The van der Waals surface area contributed by atoms with E-state index >= 15 is 0 Å². The fourth-order valence-corrected chi connectivity index (χ4v) is 1.17. The van der Waals surface area contributed by atoms with Crippen molar-refractivity contribution in [2.75, 3.05) is 6.61 Å². The van der Waals surface area contributed by atoms with E-state index in [9.17, 15) is 9.59 Å². The summed E-state index contributed by atoms with van der Waals surface area (Å²) < 4.78 is 0. The maximum atomic E-state index is 11.1. The molecule has 0 bridgehead atoms. The minimum absolute atomic E-state index is 0.590. The number of aliphatic hydroxyl groups excluding tert-OH is 1. The molecule has 0 aromatic heterocycles. The minimum Gasteiger partial charge on any atom is -0.387 e. The summed E-state index contributed by atoms with van der Waals surface area (Å²) in [4.78, 5) is 22.0. The largest absolute Gasteiger partial charge is 0.387 e. The number of rotatable bonds is 4. The first-order valence-electron chi connectivity index (χ1n) is 4.39. The van der Waals surface area contributed by atoms with Crippen LogP contribution in [0, 0.1) is 0 Å². The van der Waals surface area contributed by atoms with E-state index in [1.165, 1.54) is 0 Å². The molecule has 4 N–H and O–H groups in total. The van der Waals surface area contributed by atoms with Crippen molar-refractivity contribution in [3.8, 4) is 0 Å². The summed E-state index contributed by atoms with van der Waals surface area (Å²) in [7, 11) is 0. The number of aliphatic hydroxyl groups is 1. The first kappa shape index (κ1) is 11.2. The van der Waals surface area contributed by atoms with E-state index in [1.54, 1.807) is 30.3 Å². The third kappa shape index (κ3) is 3.07. The van der Waals surface area contributed by atoms with Crippen LogP contribution in [0.5, 0.6) is 0 Å². The second kappa shape index (κ2) is 5.11. The molecule has 0 heterocycles. The van der Waals surface area contributed by atoms with Gasteiger partial charge in [-0.15, -0.1) is 0 Å². The van der Waals surface area contributed by atoms with Gasteiger partial charge in [0.15, 0.2) is 0 Å². The molecule has 0 fully saturated rings. The Morgan fingerprint density at radius 3 is 2.40 bits per heavy atom. The molecule has 2 amide bonds. The topological polar surface area (TPSA) is 92.4 Å². The molecule has 0 spiro atoms. The van der Waals surface area contributed by atoms with Crippen molar-refractivity contribution in [2.45, 2.75) is 6.04 Å². The number of amides is 2. The number of carbonyl (C=O) groups is 2. The second-order valence-electron chi connectivity index (χ2n) is 2.97. The lowest BCUT2D eigenvalue weighted by molar-refractivity contribution is -0.129. The van der Waals surface area contributed by atoms with Crippen LogP contribution < -0.4 is 11.1 Å². The quantitative estimate of drug-likeness (QED) is 0.612. The molecular weight excluding hydrogens is 196 g/mol. The molecule has 1 atom stereocenters. The molecule has 0 saturated heterocycles. The normalized spacial score (nSPS) is 11.8. The number of primary amides is 1. The van der Waals surface area contributed by atoms with E-state index in [0.29, 0.717) is 5.56 Å². The van der Waals surface area contributed by atoms with Gasteiger partial charge in [0.2, 0.25) is 11.8 Å². The Balaban J connectivity index is 2.84. The number of benzene rings is 1. The van der Waals surface area contributed by atoms with Gasteiger partial charge in [-0.25, -0.2) is 0 Å². The Kier molecular flexibility index (Phi) is 3.82. The molecule has 1 aromatic carbocycles. The number of nitrogens with one attached hydrogen (secondary N) is 1. The van der Waals surface area contributed by atoms with Crippen LogP contribution in [0.1, 0.15) is 11.6 Å². The molecule has 0 aliphatic carbocycles. The maximum absolute atomic E-state index is 11.1. The van der Waals surface area contributed by atoms with Crippen LogP contribution in [0.3, 0.4) is 0 Å². The molecule has 0 aliphatic rings. The molecule has 5 nitrogen and oxygen atoms in total. The van der Waals surface area contributed by atoms with Crippen molar-refractivity contribution < 1.29 is 14.7 Å². The SMILES string of the molecule is NC(=O)[C@H](NC(=O)CO)c1ccccc1. The van der Waals surface area contributed by atoms with Crippen molar-refractivity contribution in [3.05, 3.63) is 35.9 Å². The summed E-state index contributed by atoms with van der Waals surface area (Å²) in [5.41, 5.74) is 5.73. The Bertz CT molecular complexity index is 351. The van der Waals surface area contributed by atoms with Crippen LogP contribution in [0.25, 0.3) is 0 Å². The first-order chi connectivity index (χ1) is 7.15. The van der Waals surface area contributed by atoms with Gasteiger partial charge in [-0.2, -0.15) is 0 Å². The zero-order valence-electron chi connectivity index (χ0n) is 8.01. The maximum Gasteiger partial charge on any atom is 0.246 e. The monoisotopic (exact) mass is 208 g/mol. The third-order valence-electron chi connectivity index (χ3n) is 1.87. The molecule has 1 aromatic rings. The highest BCUT2D eigenvalue weighted by Gasteiger charge is 2.18. The number of carbonyl (C=O) groups excluding carboxylic acids is 2. The minimum atomic E-state index is -0.897. The lowest BCUT2D eigenvalue weighted by Crippen LogP contribution is -2.38. The molecule has 0 aliphatic heterocycles. The summed E-state index contributed by atoms with van der Waals surface area (Å²) in [5, 5.41) is 10.9. The molecule has 5 heteroatoms. The molecule has 0 saturated carbocycles. The second-order valence-corrected chi connectivity index (χ2v) is 2.97. The summed E-state index contributed by atoms with van der Waals surface area (Å²) in [6.07, 6.45) is 0.